The second-order valence-corrected chi connectivity index (χ2v) is 5.50. The lowest BCUT2D eigenvalue weighted by Crippen LogP contribution is -2.21. The summed E-state index contributed by atoms with van der Waals surface area (Å²) in [7, 11) is 0. The van der Waals surface area contributed by atoms with Crippen molar-refractivity contribution in [3.8, 4) is 5.75 Å². The van der Waals surface area contributed by atoms with Crippen LogP contribution in [0.4, 0.5) is 17.1 Å². The summed E-state index contributed by atoms with van der Waals surface area (Å²) in [6.45, 7) is 5.96. The van der Waals surface area contributed by atoms with Crippen LogP contribution >= 0.6 is 0 Å². The quantitative estimate of drug-likeness (QED) is 0.601. The number of amides is 2. The van der Waals surface area contributed by atoms with Crippen LogP contribution in [0.1, 0.15) is 13.3 Å². The Hall–Kier alpha value is -3.28. The van der Waals surface area contributed by atoms with Gasteiger partial charge in [0.2, 0.25) is 11.8 Å². The van der Waals surface area contributed by atoms with Gasteiger partial charge in [-0.2, -0.15) is 0 Å². The Kier molecular flexibility index (Phi) is 7.24. The van der Waals surface area contributed by atoms with Crippen molar-refractivity contribution in [1.82, 2.24) is 0 Å². The van der Waals surface area contributed by atoms with Gasteiger partial charge in [-0.3, -0.25) is 9.59 Å². The van der Waals surface area contributed by atoms with E-state index in [0.29, 0.717) is 18.7 Å². The first-order valence-corrected chi connectivity index (χ1v) is 8.38. The molecular weight excluding hydrogens is 330 g/mol. The van der Waals surface area contributed by atoms with Gasteiger partial charge in [0.25, 0.3) is 0 Å². The lowest BCUT2D eigenvalue weighted by Gasteiger charge is -2.10. The van der Waals surface area contributed by atoms with Crippen LogP contribution in [0.25, 0.3) is 0 Å². The van der Waals surface area contributed by atoms with Crippen LogP contribution in [-0.4, -0.2) is 25.0 Å². The fourth-order valence-electron chi connectivity index (χ4n) is 2.10. The van der Waals surface area contributed by atoms with E-state index in [1.807, 2.05) is 12.1 Å². The third-order valence-corrected chi connectivity index (χ3v) is 3.45. The summed E-state index contributed by atoms with van der Waals surface area (Å²) in [6.07, 6.45) is 2.10. The first kappa shape index (κ1) is 19.1. The first-order valence-electron chi connectivity index (χ1n) is 8.38. The highest BCUT2D eigenvalue weighted by Crippen LogP contribution is 2.16. The zero-order chi connectivity index (χ0) is 18.8. The van der Waals surface area contributed by atoms with Gasteiger partial charge in [-0.25, -0.2) is 0 Å². The van der Waals surface area contributed by atoms with Crippen LogP contribution in [-0.2, 0) is 9.59 Å². The highest BCUT2D eigenvalue weighted by Gasteiger charge is 2.04. The van der Waals surface area contributed by atoms with Gasteiger partial charge >= 0.3 is 0 Å². The summed E-state index contributed by atoms with van der Waals surface area (Å²) in [6, 6.07) is 14.3. The van der Waals surface area contributed by atoms with Crippen LogP contribution in [0, 0.1) is 0 Å². The van der Waals surface area contributed by atoms with Crippen molar-refractivity contribution in [3.63, 3.8) is 0 Å². The minimum atomic E-state index is -0.159. The molecule has 26 heavy (non-hydrogen) atoms. The van der Waals surface area contributed by atoms with Crippen LogP contribution in [0.3, 0.4) is 0 Å². The number of hydrogen-bond acceptors (Lipinski definition) is 4. The number of hydrogen-bond donors (Lipinski definition) is 3. The van der Waals surface area contributed by atoms with Crippen molar-refractivity contribution >= 4 is 28.9 Å². The van der Waals surface area contributed by atoms with E-state index >= 15 is 0 Å². The molecule has 0 spiro atoms. The Balaban J connectivity index is 1.79. The van der Waals surface area contributed by atoms with Crippen LogP contribution in [0.5, 0.6) is 5.75 Å². The maximum atomic E-state index is 12.0. The van der Waals surface area contributed by atoms with Gasteiger partial charge in [-0.05, 0) is 48.5 Å². The number of nitrogens with one attached hydrogen (secondary N) is 3. The predicted octanol–water partition coefficient (Wildman–Crippen LogP) is 3.65. The molecule has 0 fully saturated rings. The topological polar surface area (TPSA) is 79.5 Å². The Morgan fingerprint density at radius 1 is 0.923 bits per heavy atom. The molecule has 2 amide bonds. The van der Waals surface area contributed by atoms with E-state index in [2.05, 4.69) is 22.5 Å². The normalized spacial score (nSPS) is 9.88. The van der Waals surface area contributed by atoms with Crippen LogP contribution < -0.4 is 20.7 Å². The molecule has 6 heteroatoms. The molecule has 136 valence electrons. The predicted molar refractivity (Wildman–Crippen MR) is 105 cm³/mol. The van der Waals surface area contributed by atoms with Crippen LogP contribution in [0.2, 0.25) is 0 Å². The SMILES string of the molecule is C=CCOc1ccc(NC(=O)CNc2ccc(NC(=O)CC)cc2)cc1. The van der Waals surface area contributed by atoms with Gasteiger partial charge < -0.3 is 20.7 Å². The second-order valence-electron chi connectivity index (χ2n) is 5.50. The van der Waals surface area contributed by atoms with E-state index in [4.69, 9.17) is 4.74 Å². The maximum Gasteiger partial charge on any atom is 0.243 e. The minimum absolute atomic E-state index is 0.0361. The molecule has 2 rings (SSSR count). The Bertz CT molecular complexity index is 740. The summed E-state index contributed by atoms with van der Waals surface area (Å²) in [5, 5.41) is 8.62. The van der Waals surface area contributed by atoms with Gasteiger partial charge in [-0.1, -0.05) is 19.6 Å². The summed E-state index contributed by atoms with van der Waals surface area (Å²) in [5.74, 6) is 0.524. The molecule has 0 aromatic heterocycles. The van der Waals surface area contributed by atoms with Gasteiger partial charge in [-0.15, -0.1) is 0 Å². The minimum Gasteiger partial charge on any atom is -0.490 e. The molecular formula is C20H23N3O3. The van der Waals surface area contributed by atoms with E-state index in [9.17, 15) is 9.59 Å². The van der Waals surface area contributed by atoms with Crippen molar-refractivity contribution in [2.24, 2.45) is 0 Å². The number of benzene rings is 2. The molecule has 0 aliphatic rings. The highest BCUT2D eigenvalue weighted by molar-refractivity contribution is 5.94. The monoisotopic (exact) mass is 353 g/mol. The zero-order valence-corrected chi connectivity index (χ0v) is 14.7. The van der Waals surface area contributed by atoms with E-state index in [1.165, 1.54) is 0 Å². The van der Waals surface area contributed by atoms with E-state index in [0.717, 1.165) is 17.1 Å². The fraction of sp³-hybridized carbons (Fsp3) is 0.200. The second kappa shape index (κ2) is 9.88. The third kappa shape index (κ3) is 6.32. The molecule has 2 aromatic rings. The Labute approximate surface area is 153 Å². The first-order chi connectivity index (χ1) is 12.6. The van der Waals surface area contributed by atoms with Crippen molar-refractivity contribution in [2.45, 2.75) is 13.3 Å². The number of carbonyl (C=O) groups is 2. The van der Waals surface area contributed by atoms with Gasteiger partial charge in [0.15, 0.2) is 0 Å². The van der Waals surface area contributed by atoms with Gasteiger partial charge in [0.1, 0.15) is 12.4 Å². The largest absolute Gasteiger partial charge is 0.490 e. The Morgan fingerprint density at radius 2 is 1.46 bits per heavy atom. The summed E-state index contributed by atoms with van der Waals surface area (Å²) >= 11 is 0. The molecule has 0 atom stereocenters. The molecule has 0 unspecified atom stereocenters. The molecule has 3 N–H and O–H groups in total. The van der Waals surface area contributed by atoms with Gasteiger partial charge in [0, 0.05) is 23.5 Å². The standard InChI is InChI=1S/C20H23N3O3/c1-3-13-26-18-11-9-17(10-12-18)23-20(25)14-21-15-5-7-16(8-6-15)22-19(24)4-2/h3,5-12,21H,1,4,13-14H2,2H3,(H,22,24)(H,23,25). The van der Waals surface area contributed by atoms with E-state index < -0.39 is 0 Å². The molecule has 0 saturated heterocycles. The maximum absolute atomic E-state index is 12.0. The zero-order valence-electron chi connectivity index (χ0n) is 14.7. The fourth-order valence-corrected chi connectivity index (χ4v) is 2.10. The van der Waals surface area contributed by atoms with Crippen molar-refractivity contribution in [3.05, 3.63) is 61.2 Å². The average Bonchev–Trinajstić information content (AvgIpc) is 2.67. The number of ether oxygens (including phenoxy) is 1. The summed E-state index contributed by atoms with van der Waals surface area (Å²) < 4.78 is 5.39. The van der Waals surface area contributed by atoms with Crippen molar-refractivity contribution in [2.75, 3.05) is 29.1 Å². The average molecular weight is 353 g/mol. The molecule has 0 saturated carbocycles. The van der Waals surface area contributed by atoms with Gasteiger partial charge in [0.05, 0.1) is 6.54 Å². The summed E-state index contributed by atoms with van der Waals surface area (Å²) in [5.41, 5.74) is 2.22. The smallest absolute Gasteiger partial charge is 0.243 e. The third-order valence-electron chi connectivity index (χ3n) is 3.45. The van der Waals surface area contributed by atoms with Crippen molar-refractivity contribution < 1.29 is 14.3 Å². The lowest BCUT2D eigenvalue weighted by atomic mass is 10.2. The molecule has 0 aliphatic carbocycles. The molecule has 0 aliphatic heterocycles. The van der Waals surface area contributed by atoms with Crippen molar-refractivity contribution in [1.29, 1.82) is 0 Å². The lowest BCUT2D eigenvalue weighted by molar-refractivity contribution is -0.116. The summed E-state index contributed by atoms with van der Waals surface area (Å²) in [4.78, 5) is 23.4. The number of anilines is 3. The molecule has 6 nitrogen and oxygen atoms in total. The number of carbonyl (C=O) groups excluding carboxylic acids is 2. The highest BCUT2D eigenvalue weighted by atomic mass is 16.5. The molecule has 0 heterocycles. The number of rotatable bonds is 9. The molecule has 2 aromatic carbocycles. The Morgan fingerprint density at radius 3 is 2.04 bits per heavy atom. The van der Waals surface area contributed by atoms with Crippen LogP contribution in [0.15, 0.2) is 61.2 Å². The molecule has 0 radical (unpaired) electrons. The molecule has 0 bridgehead atoms. The van der Waals surface area contributed by atoms with E-state index in [1.54, 1.807) is 49.4 Å². The van der Waals surface area contributed by atoms with E-state index in [-0.39, 0.29) is 18.4 Å².